The third-order valence-corrected chi connectivity index (χ3v) is 5.78. The summed E-state index contributed by atoms with van der Waals surface area (Å²) in [6, 6.07) is 6.33. The molecule has 1 amide bonds. The van der Waals surface area contributed by atoms with Crippen molar-refractivity contribution in [1.82, 2.24) is 24.6 Å². The number of carbonyl (C=O) groups is 1. The number of imidazole rings is 1. The number of amides is 1. The van der Waals surface area contributed by atoms with Crippen LogP contribution < -0.4 is 5.32 Å². The summed E-state index contributed by atoms with van der Waals surface area (Å²) in [6.45, 7) is 2.05. The number of rotatable bonds is 3. The molecule has 0 radical (unpaired) electrons. The van der Waals surface area contributed by atoms with E-state index in [0.717, 1.165) is 60.4 Å². The van der Waals surface area contributed by atoms with Crippen molar-refractivity contribution >= 4 is 17.1 Å². The second-order valence-electron chi connectivity index (χ2n) is 7.70. The number of nitrogens with zero attached hydrogens (tertiary/aromatic N) is 4. The third kappa shape index (κ3) is 3.10. The largest absolute Gasteiger partial charge is 0.349 e. The van der Waals surface area contributed by atoms with Crippen molar-refractivity contribution in [3.8, 4) is 0 Å². The first-order chi connectivity index (χ1) is 13.7. The molecule has 1 aliphatic carbocycles. The van der Waals surface area contributed by atoms with Gasteiger partial charge in [0.05, 0.1) is 11.3 Å². The van der Waals surface area contributed by atoms with E-state index in [2.05, 4.69) is 45.6 Å². The van der Waals surface area contributed by atoms with E-state index < -0.39 is 0 Å². The van der Waals surface area contributed by atoms with Gasteiger partial charge in [0.1, 0.15) is 5.65 Å². The van der Waals surface area contributed by atoms with Crippen molar-refractivity contribution in [2.45, 2.75) is 25.3 Å². The summed E-state index contributed by atoms with van der Waals surface area (Å²) >= 11 is 0. The zero-order valence-electron chi connectivity index (χ0n) is 15.9. The summed E-state index contributed by atoms with van der Waals surface area (Å²) in [5.74, 6) is -0.0267. The molecule has 0 atom stereocenters. The number of allylic oxidation sites excluding steroid dienone is 1. The summed E-state index contributed by atoms with van der Waals surface area (Å²) in [7, 11) is 2.12. The molecule has 0 aromatic carbocycles. The highest BCUT2D eigenvalue weighted by atomic mass is 16.1. The molecule has 1 fully saturated rings. The molecule has 146 valence electrons. The van der Waals surface area contributed by atoms with E-state index in [1.165, 1.54) is 0 Å². The molecule has 5 rings (SSSR count). The van der Waals surface area contributed by atoms with Gasteiger partial charge in [-0.15, -0.1) is 0 Å². The van der Waals surface area contributed by atoms with Crippen LogP contribution in [0, 0.1) is 0 Å². The van der Waals surface area contributed by atoms with E-state index in [9.17, 15) is 4.79 Å². The monoisotopic (exact) mass is 377 g/mol. The lowest BCUT2D eigenvalue weighted by molar-refractivity contribution is 0.0916. The molecule has 28 heavy (non-hydrogen) atoms. The first kappa shape index (κ1) is 17.1. The van der Waals surface area contributed by atoms with E-state index in [1.54, 1.807) is 12.4 Å². The molecular weight excluding hydrogens is 350 g/mol. The summed E-state index contributed by atoms with van der Waals surface area (Å²) in [5.41, 5.74) is 5.87. The Balaban J connectivity index is 0.00000128. The Morgan fingerprint density at radius 1 is 1.25 bits per heavy atom. The Kier molecular flexibility index (Phi) is 4.20. The number of fused-ring (bicyclic) bond motifs is 2. The molecular formula is C22H27N5O. The van der Waals surface area contributed by atoms with Crippen molar-refractivity contribution in [3.63, 3.8) is 0 Å². The van der Waals surface area contributed by atoms with Crippen molar-refractivity contribution in [3.05, 3.63) is 71.4 Å². The van der Waals surface area contributed by atoms with Gasteiger partial charge in [0.25, 0.3) is 5.91 Å². The van der Waals surface area contributed by atoms with Gasteiger partial charge in [-0.2, -0.15) is 0 Å². The molecule has 4 heterocycles. The first-order valence-corrected chi connectivity index (χ1v) is 9.79. The fraction of sp³-hybridized carbons (Fsp3) is 0.318. The van der Waals surface area contributed by atoms with Gasteiger partial charge in [0.2, 0.25) is 0 Å². The highest BCUT2D eigenvalue weighted by Gasteiger charge is 2.22. The normalized spacial score (nSPS) is 17.5. The van der Waals surface area contributed by atoms with Crippen LogP contribution >= 0.6 is 0 Å². The Morgan fingerprint density at radius 2 is 2.11 bits per heavy atom. The first-order valence-electron chi connectivity index (χ1n) is 9.79. The molecule has 2 aliphatic rings. The molecule has 3 aromatic heterocycles. The van der Waals surface area contributed by atoms with Gasteiger partial charge < -0.3 is 14.6 Å². The van der Waals surface area contributed by atoms with Gasteiger partial charge in [-0.05, 0) is 62.3 Å². The molecule has 6 nitrogen and oxygen atoms in total. The maximum Gasteiger partial charge on any atom is 0.253 e. The van der Waals surface area contributed by atoms with Crippen LogP contribution in [0.3, 0.4) is 0 Å². The topological polar surface area (TPSA) is 62.5 Å². The van der Waals surface area contributed by atoms with Crippen LogP contribution in [-0.4, -0.2) is 51.4 Å². The minimum absolute atomic E-state index is 0. The standard InChI is InChI=1S/C22H23N5O.2H2/c1-26-9-6-17(7-10-26)25-22(28)16-12-19-18(3-4-20(19)24-13-16)15-2-5-21-23-8-11-27(21)14-15;;/h2-3,5,8,11-14,17H,4,6-7,9-10H2,1H3,(H,25,28);2*1H. The molecule has 3 aromatic rings. The lowest BCUT2D eigenvalue weighted by atomic mass is 10.0. The van der Waals surface area contributed by atoms with Crippen molar-refractivity contribution in [2.75, 3.05) is 20.1 Å². The van der Waals surface area contributed by atoms with E-state index in [-0.39, 0.29) is 14.8 Å². The van der Waals surface area contributed by atoms with Crippen LogP contribution in [0.15, 0.2) is 49.1 Å². The summed E-state index contributed by atoms with van der Waals surface area (Å²) in [6.07, 6.45) is 12.5. The average molecular weight is 377 g/mol. The smallest absolute Gasteiger partial charge is 0.253 e. The van der Waals surface area contributed by atoms with Gasteiger partial charge in [0, 0.05) is 45.7 Å². The Hall–Kier alpha value is -2.99. The molecule has 6 heteroatoms. The zero-order chi connectivity index (χ0) is 19.1. The van der Waals surface area contributed by atoms with Crippen LogP contribution in [0.25, 0.3) is 11.2 Å². The van der Waals surface area contributed by atoms with Crippen LogP contribution in [0.4, 0.5) is 0 Å². The molecule has 1 N–H and O–H groups in total. The summed E-state index contributed by atoms with van der Waals surface area (Å²) < 4.78 is 2.01. The Morgan fingerprint density at radius 3 is 2.96 bits per heavy atom. The number of likely N-dealkylation sites (tertiary alicyclic amines) is 1. The lowest BCUT2D eigenvalue weighted by Crippen LogP contribution is -2.43. The van der Waals surface area contributed by atoms with Gasteiger partial charge in [-0.3, -0.25) is 9.78 Å². The fourth-order valence-electron chi connectivity index (χ4n) is 4.10. The highest BCUT2D eigenvalue weighted by molar-refractivity contribution is 5.96. The molecule has 0 bridgehead atoms. The molecule has 1 aliphatic heterocycles. The number of aromatic nitrogens is 3. The number of nitrogens with one attached hydrogen (secondary N) is 1. The molecule has 1 saturated heterocycles. The van der Waals surface area contributed by atoms with Gasteiger partial charge >= 0.3 is 0 Å². The van der Waals surface area contributed by atoms with Crippen LogP contribution in [0.5, 0.6) is 0 Å². The minimum atomic E-state index is -0.0267. The number of hydrogen-bond acceptors (Lipinski definition) is 4. The maximum atomic E-state index is 12.8. The Labute approximate surface area is 166 Å². The SMILES string of the molecule is CN1CCC(NC(=O)c2cnc3c(c2)C(c2ccc4nccn4c2)=CC3)CC1.[HH].[HH]. The predicted octanol–water partition coefficient (Wildman–Crippen LogP) is 3.03. The highest BCUT2D eigenvalue weighted by Crippen LogP contribution is 2.32. The lowest BCUT2D eigenvalue weighted by Gasteiger charge is -2.29. The predicted molar refractivity (Wildman–Crippen MR) is 112 cm³/mol. The van der Waals surface area contributed by atoms with Crippen LogP contribution in [-0.2, 0) is 6.42 Å². The average Bonchev–Trinajstić information content (AvgIpc) is 3.35. The van der Waals surface area contributed by atoms with Crippen molar-refractivity contribution < 1.29 is 7.65 Å². The third-order valence-electron chi connectivity index (χ3n) is 5.78. The van der Waals surface area contributed by atoms with Crippen LogP contribution in [0.1, 0.15) is 42.9 Å². The van der Waals surface area contributed by atoms with Crippen molar-refractivity contribution in [1.29, 1.82) is 0 Å². The number of hydrogen-bond donors (Lipinski definition) is 1. The number of piperidine rings is 1. The molecule has 0 saturated carbocycles. The molecule has 0 unspecified atom stereocenters. The number of pyridine rings is 2. The van der Waals surface area contributed by atoms with E-state index in [1.807, 2.05) is 22.7 Å². The second-order valence-corrected chi connectivity index (χ2v) is 7.70. The Bertz CT molecular complexity index is 1090. The summed E-state index contributed by atoms with van der Waals surface area (Å²) in [5, 5.41) is 3.18. The van der Waals surface area contributed by atoms with Gasteiger partial charge in [-0.25, -0.2) is 4.98 Å². The number of carbonyl (C=O) groups excluding carboxylic acids is 1. The summed E-state index contributed by atoms with van der Waals surface area (Å²) in [4.78, 5) is 24.0. The fourth-order valence-corrected chi connectivity index (χ4v) is 4.10. The van der Waals surface area contributed by atoms with Gasteiger partial charge in [0.15, 0.2) is 0 Å². The zero-order valence-corrected chi connectivity index (χ0v) is 15.9. The minimum Gasteiger partial charge on any atom is -0.349 e. The van der Waals surface area contributed by atoms with E-state index >= 15 is 0 Å². The van der Waals surface area contributed by atoms with Crippen LogP contribution in [0.2, 0.25) is 0 Å². The second kappa shape index (κ2) is 6.87. The quantitative estimate of drug-likeness (QED) is 0.762. The van der Waals surface area contributed by atoms with E-state index in [0.29, 0.717) is 5.56 Å². The van der Waals surface area contributed by atoms with Gasteiger partial charge in [-0.1, -0.05) is 6.08 Å². The van der Waals surface area contributed by atoms with Crippen molar-refractivity contribution in [2.24, 2.45) is 0 Å². The van der Waals surface area contributed by atoms with E-state index in [4.69, 9.17) is 0 Å². The maximum absolute atomic E-state index is 12.8. The molecule has 0 spiro atoms.